The fourth-order valence-electron chi connectivity index (χ4n) is 2.15. The summed E-state index contributed by atoms with van der Waals surface area (Å²) in [5.74, 6) is -2.00. The van der Waals surface area contributed by atoms with Crippen molar-refractivity contribution in [3.8, 4) is 5.75 Å². The molecule has 132 valence electrons. The smallest absolute Gasteiger partial charge is 0.339 e. The van der Waals surface area contributed by atoms with Crippen LogP contribution in [0.5, 0.6) is 5.75 Å². The summed E-state index contributed by atoms with van der Waals surface area (Å²) in [7, 11) is -4.51. The number of carbonyl (C=O) groups excluding carboxylic acids is 2. The molecule has 0 unspecified atom stereocenters. The first-order valence-corrected chi connectivity index (χ1v) is 8.70. The molecule has 25 heavy (non-hydrogen) atoms. The van der Waals surface area contributed by atoms with E-state index in [0.29, 0.717) is 0 Å². The molecule has 0 radical (unpaired) electrons. The lowest BCUT2D eigenvalue weighted by atomic mass is 9.98. The molecule has 7 nitrogen and oxygen atoms in total. The highest BCUT2D eigenvalue weighted by Gasteiger charge is 2.23. The van der Waals surface area contributed by atoms with Gasteiger partial charge in [-0.2, -0.15) is 8.42 Å². The molecule has 0 heterocycles. The lowest BCUT2D eigenvalue weighted by Crippen LogP contribution is -2.16. The average Bonchev–Trinajstić information content (AvgIpc) is 2.52. The molecule has 0 saturated carbocycles. The predicted octanol–water partition coefficient (Wildman–Crippen LogP) is 2.44. The Bertz CT molecular complexity index is 930. The van der Waals surface area contributed by atoms with Crippen molar-refractivity contribution < 1.29 is 32.4 Å². The zero-order valence-corrected chi connectivity index (χ0v) is 14.3. The van der Waals surface area contributed by atoms with Crippen LogP contribution < -0.4 is 0 Å². The summed E-state index contributed by atoms with van der Waals surface area (Å²) in [6.07, 6.45) is -0.377. The quantitative estimate of drug-likeness (QED) is 0.475. The predicted molar refractivity (Wildman–Crippen MR) is 88.3 cm³/mol. The number of benzene rings is 2. The van der Waals surface area contributed by atoms with Gasteiger partial charge in [0.2, 0.25) is 0 Å². The van der Waals surface area contributed by atoms with E-state index in [4.69, 9.17) is 9.29 Å². The second-order valence-corrected chi connectivity index (χ2v) is 6.90. The molecular formula is C17H16O7S. The number of carbonyl (C=O) groups is 2. The molecule has 0 aromatic heterocycles. The Morgan fingerprint density at radius 1 is 1.00 bits per heavy atom. The number of phenols is 1. The van der Waals surface area contributed by atoms with Crippen LogP contribution in [-0.4, -0.2) is 35.9 Å². The number of esters is 1. The van der Waals surface area contributed by atoms with Crippen LogP contribution in [0, 0.1) is 0 Å². The van der Waals surface area contributed by atoms with Crippen LogP contribution in [0.4, 0.5) is 0 Å². The van der Waals surface area contributed by atoms with E-state index in [1.807, 2.05) is 0 Å². The third-order valence-electron chi connectivity index (χ3n) is 3.25. The number of rotatable bonds is 5. The van der Waals surface area contributed by atoms with Gasteiger partial charge >= 0.3 is 5.97 Å². The standard InChI is InChI=1S/C17H16O7S/c1-10(2)24-17(20)13-6-4-3-5-12(13)16(19)14-8-7-11(9-15(14)18)25(21,22)23/h3-10,18H,1-2H3,(H,21,22,23). The van der Waals surface area contributed by atoms with Gasteiger partial charge in [-0.25, -0.2) is 4.79 Å². The number of hydrogen-bond donors (Lipinski definition) is 2. The highest BCUT2D eigenvalue weighted by atomic mass is 32.2. The molecule has 8 heteroatoms. The molecule has 0 aliphatic heterocycles. The Labute approximate surface area is 144 Å². The second-order valence-electron chi connectivity index (χ2n) is 5.48. The summed E-state index contributed by atoms with van der Waals surface area (Å²) in [5.41, 5.74) is -0.181. The minimum absolute atomic E-state index is 0.00283. The zero-order chi connectivity index (χ0) is 18.8. The first-order valence-electron chi connectivity index (χ1n) is 7.26. The highest BCUT2D eigenvalue weighted by Crippen LogP contribution is 2.25. The molecule has 0 fully saturated rings. The van der Waals surface area contributed by atoms with E-state index in [2.05, 4.69) is 0 Å². The highest BCUT2D eigenvalue weighted by molar-refractivity contribution is 7.85. The van der Waals surface area contributed by atoms with Crippen LogP contribution in [0.15, 0.2) is 47.4 Å². The third kappa shape index (κ3) is 4.23. The summed E-state index contributed by atoms with van der Waals surface area (Å²) < 4.78 is 36.2. The molecule has 2 rings (SSSR count). The van der Waals surface area contributed by atoms with Gasteiger partial charge in [-0.1, -0.05) is 18.2 Å². The van der Waals surface area contributed by atoms with Gasteiger partial charge in [-0.15, -0.1) is 0 Å². The van der Waals surface area contributed by atoms with Crippen molar-refractivity contribution in [2.24, 2.45) is 0 Å². The number of phenolic OH excluding ortho intramolecular Hbond substituents is 1. The van der Waals surface area contributed by atoms with Crippen LogP contribution in [0.25, 0.3) is 0 Å². The van der Waals surface area contributed by atoms with Gasteiger partial charge in [0.1, 0.15) is 5.75 Å². The number of ether oxygens (including phenoxy) is 1. The van der Waals surface area contributed by atoms with E-state index < -0.39 is 32.5 Å². The Hall–Kier alpha value is -2.71. The summed E-state index contributed by atoms with van der Waals surface area (Å²) in [5, 5.41) is 9.95. The second kappa shape index (κ2) is 7.04. The Morgan fingerprint density at radius 2 is 1.60 bits per heavy atom. The number of hydrogen-bond acceptors (Lipinski definition) is 6. The summed E-state index contributed by atoms with van der Waals surface area (Å²) in [6.45, 7) is 3.34. The van der Waals surface area contributed by atoms with Crippen LogP contribution in [0.3, 0.4) is 0 Å². The maximum Gasteiger partial charge on any atom is 0.339 e. The average molecular weight is 364 g/mol. The van der Waals surface area contributed by atoms with E-state index in [0.717, 1.165) is 18.2 Å². The lowest BCUT2D eigenvalue weighted by Gasteiger charge is -2.12. The fraction of sp³-hybridized carbons (Fsp3) is 0.176. The van der Waals surface area contributed by atoms with E-state index in [1.165, 1.54) is 12.1 Å². The van der Waals surface area contributed by atoms with Gasteiger partial charge < -0.3 is 9.84 Å². The first kappa shape index (κ1) is 18.6. The van der Waals surface area contributed by atoms with E-state index in [9.17, 15) is 23.1 Å². The first-order chi connectivity index (χ1) is 11.6. The SMILES string of the molecule is CC(C)OC(=O)c1ccccc1C(=O)c1ccc(S(=O)(=O)O)cc1O. The summed E-state index contributed by atoms with van der Waals surface area (Å²) in [6, 6.07) is 8.73. The molecule has 0 saturated heterocycles. The maximum atomic E-state index is 12.7. The van der Waals surface area contributed by atoms with Crippen molar-refractivity contribution in [2.75, 3.05) is 0 Å². The van der Waals surface area contributed by atoms with Gasteiger partial charge in [0.15, 0.2) is 5.78 Å². The largest absolute Gasteiger partial charge is 0.507 e. The molecular weight excluding hydrogens is 348 g/mol. The Morgan fingerprint density at radius 3 is 2.12 bits per heavy atom. The van der Waals surface area contributed by atoms with Crippen molar-refractivity contribution in [1.82, 2.24) is 0 Å². The minimum atomic E-state index is -4.51. The topological polar surface area (TPSA) is 118 Å². The van der Waals surface area contributed by atoms with E-state index >= 15 is 0 Å². The van der Waals surface area contributed by atoms with Crippen LogP contribution in [0.1, 0.15) is 40.1 Å². The third-order valence-corrected chi connectivity index (χ3v) is 4.10. The van der Waals surface area contributed by atoms with Gasteiger partial charge in [0.05, 0.1) is 22.1 Å². The van der Waals surface area contributed by atoms with Gasteiger partial charge in [0.25, 0.3) is 10.1 Å². The van der Waals surface area contributed by atoms with Crippen molar-refractivity contribution in [3.05, 3.63) is 59.2 Å². The monoisotopic (exact) mass is 364 g/mol. The summed E-state index contributed by atoms with van der Waals surface area (Å²) in [4.78, 5) is 24.2. The normalized spacial score (nSPS) is 11.4. The van der Waals surface area contributed by atoms with E-state index in [-0.39, 0.29) is 22.8 Å². The van der Waals surface area contributed by atoms with Gasteiger partial charge in [-0.05, 0) is 32.0 Å². The maximum absolute atomic E-state index is 12.7. The molecule has 2 aromatic carbocycles. The van der Waals surface area contributed by atoms with Crippen LogP contribution in [-0.2, 0) is 14.9 Å². The molecule has 2 aromatic rings. The van der Waals surface area contributed by atoms with Crippen LogP contribution in [0.2, 0.25) is 0 Å². The van der Waals surface area contributed by atoms with Crippen molar-refractivity contribution in [3.63, 3.8) is 0 Å². The minimum Gasteiger partial charge on any atom is -0.507 e. The molecule has 0 amide bonds. The Balaban J connectivity index is 2.47. The van der Waals surface area contributed by atoms with E-state index in [1.54, 1.807) is 26.0 Å². The molecule has 0 aliphatic carbocycles. The molecule has 0 atom stereocenters. The van der Waals surface area contributed by atoms with Gasteiger partial charge in [0, 0.05) is 11.6 Å². The molecule has 0 spiro atoms. The fourth-order valence-corrected chi connectivity index (χ4v) is 2.65. The van der Waals surface area contributed by atoms with Gasteiger partial charge in [-0.3, -0.25) is 9.35 Å². The van der Waals surface area contributed by atoms with Crippen molar-refractivity contribution in [2.45, 2.75) is 24.8 Å². The van der Waals surface area contributed by atoms with Crippen molar-refractivity contribution in [1.29, 1.82) is 0 Å². The van der Waals surface area contributed by atoms with Crippen LogP contribution >= 0.6 is 0 Å². The Kier molecular flexibility index (Phi) is 5.24. The zero-order valence-electron chi connectivity index (χ0n) is 13.5. The molecule has 0 aliphatic rings. The van der Waals surface area contributed by atoms with Crippen molar-refractivity contribution >= 4 is 21.9 Å². The number of ketones is 1. The number of aromatic hydroxyl groups is 1. The molecule has 2 N–H and O–H groups in total. The lowest BCUT2D eigenvalue weighted by molar-refractivity contribution is 0.0375. The summed E-state index contributed by atoms with van der Waals surface area (Å²) >= 11 is 0. The molecule has 0 bridgehead atoms.